The van der Waals surface area contributed by atoms with Crippen molar-refractivity contribution in [2.75, 3.05) is 25.4 Å². The predicted octanol–water partition coefficient (Wildman–Crippen LogP) is 3.47. The quantitative estimate of drug-likeness (QED) is 0.815. The normalized spacial score (nSPS) is 16.5. The van der Waals surface area contributed by atoms with Gasteiger partial charge in [0, 0.05) is 17.0 Å². The summed E-state index contributed by atoms with van der Waals surface area (Å²) in [5.74, 6) is 0.606. The molecule has 0 unspecified atom stereocenters. The highest BCUT2D eigenvalue weighted by molar-refractivity contribution is 8.00. The Hall–Kier alpha value is -1.00. The number of hydrogen-bond donors (Lipinski definition) is 1. The fourth-order valence-electron chi connectivity index (χ4n) is 2.76. The lowest BCUT2D eigenvalue weighted by Gasteiger charge is -2.41. The lowest BCUT2D eigenvalue weighted by molar-refractivity contribution is -0.119. The second-order valence-corrected chi connectivity index (χ2v) is 7.79. The number of aryl methyl sites for hydroxylation is 1. The van der Waals surface area contributed by atoms with Crippen molar-refractivity contribution < 1.29 is 4.79 Å². The van der Waals surface area contributed by atoms with E-state index in [2.05, 4.69) is 55.3 Å². The van der Waals surface area contributed by atoms with Crippen LogP contribution in [0.15, 0.2) is 29.2 Å². The molecular formula is C18H28N2OS. The number of nitrogens with one attached hydrogen (secondary N) is 1. The first-order valence-corrected chi connectivity index (χ1v) is 9.17. The zero-order valence-electron chi connectivity index (χ0n) is 14.0. The molecule has 1 aliphatic heterocycles. The largest absolute Gasteiger partial charge is 0.354 e. The van der Waals surface area contributed by atoms with Gasteiger partial charge in [0.15, 0.2) is 0 Å². The van der Waals surface area contributed by atoms with Crippen LogP contribution in [0.5, 0.6) is 0 Å². The Morgan fingerprint density at radius 2 is 1.82 bits per heavy atom. The molecule has 0 saturated carbocycles. The number of benzene rings is 1. The first-order valence-electron chi connectivity index (χ1n) is 8.19. The lowest BCUT2D eigenvalue weighted by atomic mass is 9.98. The fourth-order valence-corrected chi connectivity index (χ4v) is 3.49. The number of nitrogens with zero attached hydrogens (tertiary/aromatic N) is 1. The first-order chi connectivity index (χ1) is 10.5. The summed E-state index contributed by atoms with van der Waals surface area (Å²) in [6, 6.07) is 8.31. The van der Waals surface area contributed by atoms with Crippen molar-refractivity contribution in [3.05, 3.63) is 29.8 Å². The third-order valence-corrected chi connectivity index (χ3v) is 5.33. The predicted molar refractivity (Wildman–Crippen MR) is 94.4 cm³/mol. The van der Waals surface area contributed by atoms with Crippen molar-refractivity contribution in [3.8, 4) is 0 Å². The summed E-state index contributed by atoms with van der Waals surface area (Å²) >= 11 is 1.60. The van der Waals surface area contributed by atoms with Gasteiger partial charge in [-0.05, 0) is 58.8 Å². The Bertz CT molecular complexity index is 478. The number of carbonyl (C=O) groups excluding carboxylic acids is 1. The van der Waals surface area contributed by atoms with E-state index < -0.39 is 0 Å². The molecule has 3 nitrogen and oxygen atoms in total. The summed E-state index contributed by atoms with van der Waals surface area (Å²) < 4.78 is 0. The van der Waals surface area contributed by atoms with E-state index in [1.54, 1.807) is 11.8 Å². The van der Waals surface area contributed by atoms with Crippen LogP contribution in [0, 0.1) is 6.92 Å². The maximum absolute atomic E-state index is 12.1. The number of amides is 1. The van der Waals surface area contributed by atoms with E-state index in [1.807, 2.05) is 0 Å². The van der Waals surface area contributed by atoms with Crippen LogP contribution in [0.25, 0.3) is 0 Å². The Kier molecular flexibility index (Phi) is 6.33. The minimum absolute atomic E-state index is 0.0462. The number of hydrogen-bond acceptors (Lipinski definition) is 3. The molecule has 1 aromatic rings. The maximum Gasteiger partial charge on any atom is 0.230 e. The van der Waals surface area contributed by atoms with Gasteiger partial charge in [-0.2, -0.15) is 0 Å². The van der Waals surface area contributed by atoms with E-state index in [0.717, 1.165) is 24.5 Å². The van der Waals surface area contributed by atoms with Crippen LogP contribution < -0.4 is 5.32 Å². The molecule has 0 atom stereocenters. The van der Waals surface area contributed by atoms with Crippen molar-refractivity contribution in [1.82, 2.24) is 10.2 Å². The molecule has 1 saturated heterocycles. The standard InChI is InChI=1S/C18H28N2OS/c1-15-7-9-16(10-8-15)22-13-17(21)19-14-18(2,3)20-11-5-4-6-12-20/h7-10H,4-6,11-14H2,1-3H3,(H,19,21). The van der Waals surface area contributed by atoms with Gasteiger partial charge in [0.25, 0.3) is 0 Å². The molecule has 1 aromatic carbocycles. The fraction of sp³-hybridized carbons (Fsp3) is 0.611. The van der Waals surface area contributed by atoms with Crippen molar-refractivity contribution in [2.24, 2.45) is 0 Å². The Morgan fingerprint density at radius 1 is 1.18 bits per heavy atom. The molecule has 122 valence electrons. The Balaban J connectivity index is 1.73. The van der Waals surface area contributed by atoms with Crippen LogP contribution in [0.3, 0.4) is 0 Å². The van der Waals surface area contributed by atoms with Crippen LogP contribution in [-0.4, -0.2) is 41.7 Å². The molecule has 0 radical (unpaired) electrons. The van der Waals surface area contributed by atoms with Crippen LogP contribution in [0.4, 0.5) is 0 Å². The van der Waals surface area contributed by atoms with E-state index in [9.17, 15) is 4.79 Å². The number of carbonyl (C=O) groups is 1. The van der Waals surface area contributed by atoms with Crippen LogP contribution in [0.2, 0.25) is 0 Å². The van der Waals surface area contributed by atoms with Gasteiger partial charge in [0.1, 0.15) is 0 Å². The minimum Gasteiger partial charge on any atom is -0.354 e. The third-order valence-electron chi connectivity index (χ3n) is 4.32. The van der Waals surface area contributed by atoms with E-state index in [1.165, 1.54) is 24.8 Å². The topological polar surface area (TPSA) is 32.3 Å². The van der Waals surface area contributed by atoms with Crippen LogP contribution in [-0.2, 0) is 4.79 Å². The van der Waals surface area contributed by atoms with Crippen LogP contribution in [0.1, 0.15) is 38.7 Å². The summed E-state index contributed by atoms with van der Waals surface area (Å²) in [5.41, 5.74) is 1.29. The molecule has 1 aliphatic rings. The van der Waals surface area contributed by atoms with Crippen molar-refractivity contribution >= 4 is 17.7 Å². The molecule has 0 bridgehead atoms. The Labute approximate surface area is 138 Å². The van der Waals surface area contributed by atoms with Crippen molar-refractivity contribution in [2.45, 2.75) is 50.5 Å². The average Bonchev–Trinajstić information content (AvgIpc) is 2.53. The summed E-state index contributed by atoms with van der Waals surface area (Å²) in [4.78, 5) is 15.7. The molecule has 4 heteroatoms. The van der Waals surface area contributed by atoms with E-state index in [4.69, 9.17) is 0 Å². The highest BCUT2D eigenvalue weighted by atomic mass is 32.2. The number of rotatable bonds is 6. The summed E-state index contributed by atoms with van der Waals surface area (Å²) in [7, 11) is 0. The third kappa shape index (κ3) is 5.33. The molecule has 1 heterocycles. The number of piperidine rings is 1. The van der Waals surface area contributed by atoms with Gasteiger partial charge in [0.05, 0.1) is 5.75 Å². The van der Waals surface area contributed by atoms with Gasteiger partial charge < -0.3 is 5.32 Å². The zero-order chi connectivity index (χ0) is 16.0. The highest BCUT2D eigenvalue weighted by Crippen LogP contribution is 2.20. The van der Waals surface area contributed by atoms with Gasteiger partial charge >= 0.3 is 0 Å². The smallest absolute Gasteiger partial charge is 0.230 e. The second-order valence-electron chi connectivity index (χ2n) is 6.74. The Morgan fingerprint density at radius 3 is 2.45 bits per heavy atom. The second kappa shape index (κ2) is 8.02. The summed E-state index contributed by atoms with van der Waals surface area (Å²) in [6.07, 6.45) is 3.90. The zero-order valence-corrected chi connectivity index (χ0v) is 14.8. The minimum atomic E-state index is 0.0462. The maximum atomic E-state index is 12.1. The van der Waals surface area contributed by atoms with E-state index in [-0.39, 0.29) is 11.4 Å². The van der Waals surface area contributed by atoms with Crippen molar-refractivity contribution in [1.29, 1.82) is 0 Å². The molecule has 0 aliphatic carbocycles. The van der Waals surface area contributed by atoms with Gasteiger partial charge in [0.2, 0.25) is 5.91 Å². The average molecular weight is 321 g/mol. The molecule has 1 N–H and O–H groups in total. The van der Waals surface area contributed by atoms with E-state index in [0.29, 0.717) is 5.75 Å². The summed E-state index contributed by atoms with van der Waals surface area (Å²) in [5, 5.41) is 3.10. The summed E-state index contributed by atoms with van der Waals surface area (Å²) in [6.45, 7) is 9.56. The van der Waals surface area contributed by atoms with Gasteiger partial charge in [-0.15, -0.1) is 11.8 Å². The number of likely N-dealkylation sites (tertiary alicyclic amines) is 1. The molecule has 1 fully saturated rings. The molecule has 2 rings (SSSR count). The molecule has 0 aromatic heterocycles. The molecule has 0 spiro atoms. The van der Waals surface area contributed by atoms with Crippen molar-refractivity contribution in [3.63, 3.8) is 0 Å². The first kappa shape index (κ1) is 17.4. The van der Waals surface area contributed by atoms with Gasteiger partial charge in [-0.1, -0.05) is 24.1 Å². The SMILES string of the molecule is Cc1ccc(SCC(=O)NCC(C)(C)N2CCCCC2)cc1. The van der Waals surface area contributed by atoms with Gasteiger partial charge in [-0.3, -0.25) is 9.69 Å². The monoisotopic (exact) mass is 320 g/mol. The lowest BCUT2D eigenvalue weighted by Crippen LogP contribution is -2.53. The highest BCUT2D eigenvalue weighted by Gasteiger charge is 2.28. The van der Waals surface area contributed by atoms with Gasteiger partial charge in [-0.25, -0.2) is 0 Å². The van der Waals surface area contributed by atoms with Crippen LogP contribution >= 0.6 is 11.8 Å². The van der Waals surface area contributed by atoms with E-state index >= 15 is 0 Å². The molecule has 22 heavy (non-hydrogen) atoms. The molecular weight excluding hydrogens is 292 g/mol. The molecule has 1 amide bonds. The number of thioether (sulfide) groups is 1.